The molecule has 2 aliphatic rings. The summed E-state index contributed by atoms with van der Waals surface area (Å²) in [6, 6.07) is 11.0. The fourth-order valence-corrected chi connectivity index (χ4v) is 4.16. The molecule has 1 amide bonds. The van der Waals surface area contributed by atoms with Gasteiger partial charge in [-0.2, -0.15) is 0 Å². The molecule has 29 heavy (non-hydrogen) atoms. The lowest BCUT2D eigenvalue weighted by Gasteiger charge is -2.34. The standard InChI is InChI=1S/C22H31N5O2/c1-25-9-5-8-19(25)14-23-22(28)20-17-29-21(24-20)16-27-12-10-26(11-13-27)15-18-6-3-2-4-7-18/h2-4,6-7,17,19H,5,8-16H2,1H3,(H,23,28)/t19-/m0/s1. The molecule has 0 unspecified atom stereocenters. The Morgan fingerprint density at radius 1 is 1.10 bits per heavy atom. The van der Waals surface area contributed by atoms with Crippen molar-refractivity contribution in [2.45, 2.75) is 32.0 Å². The highest BCUT2D eigenvalue weighted by molar-refractivity contribution is 5.91. The third-order valence-electron chi connectivity index (χ3n) is 6.03. The summed E-state index contributed by atoms with van der Waals surface area (Å²) in [5.74, 6) is 0.470. The van der Waals surface area contributed by atoms with E-state index in [1.54, 1.807) is 0 Å². The van der Waals surface area contributed by atoms with E-state index in [0.29, 0.717) is 30.7 Å². The molecule has 0 saturated carbocycles. The average Bonchev–Trinajstić information content (AvgIpc) is 3.37. The van der Waals surface area contributed by atoms with Gasteiger partial charge in [-0.25, -0.2) is 4.98 Å². The van der Waals surface area contributed by atoms with Gasteiger partial charge < -0.3 is 14.6 Å². The minimum absolute atomic E-state index is 0.145. The van der Waals surface area contributed by atoms with Crippen molar-refractivity contribution in [2.75, 3.05) is 46.3 Å². The van der Waals surface area contributed by atoms with Crippen LogP contribution >= 0.6 is 0 Å². The second-order valence-corrected chi connectivity index (χ2v) is 8.15. The van der Waals surface area contributed by atoms with Gasteiger partial charge in [-0.3, -0.25) is 14.6 Å². The Kier molecular flexibility index (Phi) is 6.59. The van der Waals surface area contributed by atoms with Gasteiger partial charge in [0.2, 0.25) is 5.89 Å². The van der Waals surface area contributed by atoms with E-state index in [0.717, 1.165) is 45.7 Å². The Morgan fingerprint density at radius 2 is 1.83 bits per heavy atom. The Morgan fingerprint density at radius 3 is 2.52 bits per heavy atom. The van der Waals surface area contributed by atoms with Crippen molar-refractivity contribution in [1.82, 2.24) is 25.0 Å². The molecule has 1 N–H and O–H groups in total. The van der Waals surface area contributed by atoms with Gasteiger partial charge in [0.15, 0.2) is 5.69 Å². The molecule has 0 spiro atoms. The number of amides is 1. The lowest BCUT2D eigenvalue weighted by Crippen LogP contribution is -2.45. The molecule has 1 aromatic carbocycles. The molecule has 7 nitrogen and oxygen atoms in total. The number of benzene rings is 1. The molecular weight excluding hydrogens is 366 g/mol. The summed E-state index contributed by atoms with van der Waals surface area (Å²) < 4.78 is 5.57. The van der Waals surface area contributed by atoms with Crippen molar-refractivity contribution < 1.29 is 9.21 Å². The minimum Gasteiger partial charge on any atom is -0.447 e. The number of nitrogens with one attached hydrogen (secondary N) is 1. The zero-order chi connectivity index (χ0) is 20.1. The molecule has 7 heteroatoms. The summed E-state index contributed by atoms with van der Waals surface area (Å²) >= 11 is 0. The summed E-state index contributed by atoms with van der Waals surface area (Å²) in [7, 11) is 2.11. The molecule has 2 aromatic rings. The van der Waals surface area contributed by atoms with Gasteiger partial charge >= 0.3 is 0 Å². The van der Waals surface area contributed by atoms with E-state index in [9.17, 15) is 4.79 Å². The van der Waals surface area contributed by atoms with Crippen LogP contribution in [-0.4, -0.2) is 77.9 Å². The summed E-state index contributed by atoms with van der Waals surface area (Å²) in [6.45, 7) is 7.42. The third-order valence-corrected chi connectivity index (χ3v) is 6.03. The molecule has 0 radical (unpaired) electrons. The molecule has 1 atom stereocenters. The zero-order valence-electron chi connectivity index (χ0n) is 17.2. The molecule has 4 rings (SSSR count). The number of oxazole rings is 1. The fraction of sp³-hybridized carbons (Fsp3) is 0.545. The smallest absolute Gasteiger partial charge is 0.273 e. The first-order valence-corrected chi connectivity index (χ1v) is 10.6. The van der Waals surface area contributed by atoms with Gasteiger partial charge in [-0.15, -0.1) is 0 Å². The summed E-state index contributed by atoms with van der Waals surface area (Å²) in [4.78, 5) is 23.9. The van der Waals surface area contributed by atoms with Gasteiger partial charge in [0.05, 0.1) is 6.54 Å². The van der Waals surface area contributed by atoms with Crippen LogP contribution in [0.3, 0.4) is 0 Å². The minimum atomic E-state index is -0.145. The van der Waals surface area contributed by atoms with Gasteiger partial charge in [-0.05, 0) is 32.0 Å². The number of rotatable bonds is 7. The Bertz CT molecular complexity index is 786. The monoisotopic (exact) mass is 397 g/mol. The maximum Gasteiger partial charge on any atom is 0.273 e. The van der Waals surface area contributed by atoms with Crippen LogP contribution in [0.25, 0.3) is 0 Å². The normalized spacial score (nSPS) is 21.5. The maximum absolute atomic E-state index is 12.4. The first-order valence-electron chi connectivity index (χ1n) is 10.6. The lowest BCUT2D eigenvalue weighted by atomic mass is 10.2. The van der Waals surface area contributed by atoms with Crippen LogP contribution in [0.15, 0.2) is 41.0 Å². The number of nitrogens with zero attached hydrogens (tertiary/aromatic N) is 4. The average molecular weight is 398 g/mol. The van der Waals surface area contributed by atoms with Crippen molar-refractivity contribution in [3.8, 4) is 0 Å². The van der Waals surface area contributed by atoms with Crippen LogP contribution < -0.4 is 5.32 Å². The maximum atomic E-state index is 12.4. The van der Waals surface area contributed by atoms with Crippen LogP contribution in [0.1, 0.15) is 34.8 Å². The molecular formula is C22H31N5O2. The van der Waals surface area contributed by atoms with E-state index >= 15 is 0 Å². The largest absolute Gasteiger partial charge is 0.447 e. The number of carbonyl (C=O) groups excluding carboxylic acids is 1. The van der Waals surface area contributed by atoms with E-state index in [4.69, 9.17) is 4.42 Å². The van der Waals surface area contributed by atoms with Crippen molar-refractivity contribution >= 4 is 5.91 Å². The number of carbonyl (C=O) groups is 1. The number of likely N-dealkylation sites (N-methyl/N-ethyl adjacent to an activating group) is 1. The number of likely N-dealkylation sites (tertiary alicyclic amines) is 1. The molecule has 1 aromatic heterocycles. The first kappa shape index (κ1) is 20.1. The third kappa shape index (κ3) is 5.44. The van der Waals surface area contributed by atoms with Crippen LogP contribution in [-0.2, 0) is 13.1 Å². The van der Waals surface area contributed by atoms with E-state index in [1.807, 2.05) is 0 Å². The van der Waals surface area contributed by atoms with E-state index in [1.165, 1.54) is 18.2 Å². The van der Waals surface area contributed by atoms with E-state index in [-0.39, 0.29) is 5.91 Å². The van der Waals surface area contributed by atoms with Crippen molar-refractivity contribution in [3.05, 3.63) is 53.7 Å². The highest BCUT2D eigenvalue weighted by Crippen LogP contribution is 2.14. The Labute approximate surface area is 172 Å². The number of piperazine rings is 1. The highest BCUT2D eigenvalue weighted by Gasteiger charge is 2.23. The SMILES string of the molecule is CN1CCC[C@H]1CNC(=O)c1coc(CN2CCN(Cc3ccccc3)CC2)n1. The highest BCUT2D eigenvalue weighted by atomic mass is 16.3. The van der Waals surface area contributed by atoms with Gasteiger partial charge in [0.25, 0.3) is 5.91 Å². The van der Waals surface area contributed by atoms with Gasteiger partial charge in [0, 0.05) is 45.3 Å². The predicted molar refractivity (Wildman–Crippen MR) is 111 cm³/mol. The molecule has 3 heterocycles. The van der Waals surface area contributed by atoms with Crippen LogP contribution in [0.4, 0.5) is 0 Å². The Balaban J connectivity index is 1.21. The zero-order valence-corrected chi connectivity index (χ0v) is 17.2. The molecule has 0 aliphatic carbocycles. The molecule has 2 fully saturated rings. The van der Waals surface area contributed by atoms with E-state index < -0.39 is 0 Å². The quantitative estimate of drug-likeness (QED) is 0.769. The van der Waals surface area contributed by atoms with Crippen molar-refractivity contribution in [1.29, 1.82) is 0 Å². The molecule has 2 aliphatic heterocycles. The van der Waals surface area contributed by atoms with Crippen LogP contribution in [0, 0.1) is 0 Å². The van der Waals surface area contributed by atoms with Gasteiger partial charge in [0.1, 0.15) is 6.26 Å². The predicted octanol–water partition coefficient (Wildman–Crippen LogP) is 1.82. The van der Waals surface area contributed by atoms with Crippen LogP contribution in [0.2, 0.25) is 0 Å². The second-order valence-electron chi connectivity index (χ2n) is 8.15. The molecule has 2 saturated heterocycles. The van der Waals surface area contributed by atoms with Crippen molar-refractivity contribution in [2.24, 2.45) is 0 Å². The molecule has 0 bridgehead atoms. The molecule has 156 valence electrons. The Hall–Kier alpha value is -2.22. The van der Waals surface area contributed by atoms with Gasteiger partial charge in [-0.1, -0.05) is 30.3 Å². The second kappa shape index (κ2) is 9.52. The summed E-state index contributed by atoms with van der Waals surface area (Å²) in [5, 5.41) is 2.99. The number of aromatic nitrogens is 1. The summed E-state index contributed by atoms with van der Waals surface area (Å²) in [5.41, 5.74) is 1.73. The lowest BCUT2D eigenvalue weighted by molar-refractivity contribution is 0.0938. The van der Waals surface area contributed by atoms with E-state index in [2.05, 4.69) is 62.4 Å². The topological polar surface area (TPSA) is 64.9 Å². The number of hydrogen-bond acceptors (Lipinski definition) is 6. The van der Waals surface area contributed by atoms with Crippen LogP contribution in [0.5, 0.6) is 0 Å². The number of hydrogen-bond donors (Lipinski definition) is 1. The first-order chi connectivity index (χ1) is 14.2. The van der Waals surface area contributed by atoms with Crippen molar-refractivity contribution in [3.63, 3.8) is 0 Å². The summed E-state index contributed by atoms with van der Waals surface area (Å²) in [6.07, 6.45) is 3.82. The fourth-order valence-electron chi connectivity index (χ4n) is 4.16.